The van der Waals surface area contributed by atoms with Gasteiger partial charge in [-0.25, -0.2) is 9.97 Å². The Balaban J connectivity index is 1.53. The van der Waals surface area contributed by atoms with Crippen LogP contribution in [0.4, 0.5) is 5.95 Å². The Labute approximate surface area is 180 Å². The van der Waals surface area contributed by atoms with E-state index in [9.17, 15) is 4.79 Å². The van der Waals surface area contributed by atoms with E-state index in [1.54, 1.807) is 12.4 Å². The molecule has 2 atom stereocenters. The lowest BCUT2D eigenvalue weighted by Crippen LogP contribution is -2.88. The molecule has 6 nitrogen and oxygen atoms in total. The van der Waals surface area contributed by atoms with Crippen molar-refractivity contribution in [2.75, 3.05) is 37.6 Å². The van der Waals surface area contributed by atoms with E-state index in [1.807, 2.05) is 11.0 Å². The number of amides is 1. The van der Waals surface area contributed by atoms with Gasteiger partial charge in [0.15, 0.2) is 6.54 Å². The predicted molar refractivity (Wildman–Crippen MR) is 120 cm³/mol. The molecular formula is C24H36N5O+. The van der Waals surface area contributed by atoms with Gasteiger partial charge in [0, 0.05) is 50.1 Å². The summed E-state index contributed by atoms with van der Waals surface area (Å²) < 4.78 is 0. The summed E-state index contributed by atoms with van der Waals surface area (Å²) in [5.41, 5.74) is 2.69. The molecule has 1 aliphatic rings. The Bertz CT molecular complexity index is 785. The van der Waals surface area contributed by atoms with E-state index < -0.39 is 0 Å². The fraction of sp³-hybridized carbons (Fsp3) is 0.542. The van der Waals surface area contributed by atoms with Crippen molar-refractivity contribution in [2.45, 2.75) is 46.1 Å². The molecule has 1 aromatic heterocycles. The number of carbonyl (C=O) groups excluding carboxylic acids is 1. The zero-order chi connectivity index (χ0) is 21.5. The lowest BCUT2D eigenvalue weighted by Gasteiger charge is -2.34. The van der Waals surface area contributed by atoms with Crippen LogP contribution in [0, 0.1) is 5.92 Å². The summed E-state index contributed by atoms with van der Waals surface area (Å²) in [5, 5.41) is 2.21. The van der Waals surface area contributed by atoms with E-state index >= 15 is 0 Å². The van der Waals surface area contributed by atoms with Crippen LogP contribution in [0.5, 0.6) is 0 Å². The maximum absolute atomic E-state index is 12.8. The number of hydrogen-bond acceptors (Lipinski definition) is 4. The van der Waals surface area contributed by atoms with Crippen LogP contribution < -0.4 is 10.2 Å². The molecule has 0 saturated carbocycles. The van der Waals surface area contributed by atoms with Gasteiger partial charge in [0.25, 0.3) is 5.91 Å². The Morgan fingerprint density at radius 3 is 2.17 bits per heavy atom. The minimum absolute atomic E-state index is 0.213. The highest BCUT2D eigenvalue weighted by molar-refractivity contribution is 5.77. The van der Waals surface area contributed by atoms with Gasteiger partial charge < -0.3 is 15.1 Å². The number of carbonyl (C=O) groups is 1. The second-order valence-corrected chi connectivity index (χ2v) is 8.60. The molecule has 0 aliphatic carbocycles. The Kier molecular flexibility index (Phi) is 7.80. The van der Waals surface area contributed by atoms with E-state index in [-0.39, 0.29) is 5.91 Å². The third kappa shape index (κ3) is 5.57. The van der Waals surface area contributed by atoms with Gasteiger partial charge in [-0.2, -0.15) is 0 Å². The molecule has 1 fully saturated rings. The second-order valence-electron chi connectivity index (χ2n) is 8.60. The van der Waals surface area contributed by atoms with E-state index in [2.05, 4.69) is 72.1 Å². The summed E-state index contributed by atoms with van der Waals surface area (Å²) in [6.07, 6.45) is 4.67. The van der Waals surface area contributed by atoms with Gasteiger partial charge in [0.1, 0.15) is 6.04 Å². The molecule has 1 saturated heterocycles. The topological polar surface area (TPSA) is 65.9 Å². The Morgan fingerprint density at radius 2 is 1.60 bits per heavy atom. The zero-order valence-corrected chi connectivity index (χ0v) is 18.8. The fourth-order valence-electron chi connectivity index (χ4n) is 4.04. The number of nitrogens with zero attached hydrogens (tertiary/aromatic N) is 4. The highest BCUT2D eigenvalue weighted by Gasteiger charge is 2.26. The summed E-state index contributed by atoms with van der Waals surface area (Å²) in [6, 6.07) is 11.1. The average Bonchev–Trinajstić information content (AvgIpc) is 2.79. The van der Waals surface area contributed by atoms with Crippen LogP contribution in [0.1, 0.15) is 57.2 Å². The van der Waals surface area contributed by atoms with Crippen LogP contribution in [0.15, 0.2) is 42.7 Å². The van der Waals surface area contributed by atoms with Crippen molar-refractivity contribution in [3.63, 3.8) is 0 Å². The first-order valence-electron chi connectivity index (χ1n) is 11.2. The molecule has 3 rings (SSSR count). The largest absolute Gasteiger partial charge is 0.337 e. The van der Waals surface area contributed by atoms with Gasteiger partial charge in [0.05, 0.1) is 0 Å². The fourth-order valence-corrected chi connectivity index (χ4v) is 4.04. The molecule has 2 heterocycles. The van der Waals surface area contributed by atoms with Crippen molar-refractivity contribution in [3.8, 4) is 0 Å². The zero-order valence-electron chi connectivity index (χ0n) is 18.8. The number of quaternary nitrogens is 1. The lowest BCUT2D eigenvalue weighted by atomic mass is 9.92. The summed E-state index contributed by atoms with van der Waals surface area (Å²) in [4.78, 5) is 25.6. The molecule has 6 heteroatoms. The standard InChI is InChI=1S/C24H35N5O/c1-5-19(4)20-7-9-21(10-8-20)23(18(2)3)27-17-22(30)28-13-15-29(16-14-28)24-25-11-6-12-26-24/h6-12,18-19,23,27H,5,13-17H2,1-4H3/p+1/t19-,23-/m0/s1. The second kappa shape index (κ2) is 10.5. The first kappa shape index (κ1) is 22.2. The molecule has 0 bridgehead atoms. The monoisotopic (exact) mass is 410 g/mol. The quantitative estimate of drug-likeness (QED) is 0.726. The smallest absolute Gasteiger partial charge is 0.277 e. The van der Waals surface area contributed by atoms with Gasteiger partial charge >= 0.3 is 0 Å². The molecule has 30 heavy (non-hydrogen) atoms. The summed E-state index contributed by atoms with van der Waals surface area (Å²) >= 11 is 0. The summed E-state index contributed by atoms with van der Waals surface area (Å²) in [6.45, 7) is 12.4. The molecule has 162 valence electrons. The lowest BCUT2D eigenvalue weighted by molar-refractivity contribution is -0.692. The maximum atomic E-state index is 12.8. The van der Waals surface area contributed by atoms with Crippen LogP contribution in [-0.2, 0) is 4.79 Å². The minimum Gasteiger partial charge on any atom is -0.337 e. The van der Waals surface area contributed by atoms with Crippen molar-refractivity contribution in [1.29, 1.82) is 0 Å². The number of aromatic nitrogens is 2. The first-order valence-corrected chi connectivity index (χ1v) is 11.2. The van der Waals surface area contributed by atoms with Crippen LogP contribution in [0.25, 0.3) is 0 Å². The molecule has 1 aromatic carbocycles. The van der Waals surface area contributed by atoms with E-state index in [0.717, 1.165) is 38.5 Å². The highest BCUT2D eigenvalue weighted by Crippen LogP contribution is 2.23. The Hall–Kier alpha value is -2.47. The van der Waals surface area contributed by atoms with Crippen molar-refractivity contribution in [1.82, 2.24) is 14.9 Å². The van der Waals surface area contributed by atoms with Gasteiger partial charge in [-0.3, -0.25) is 4.79 Å². The van der Waals surface area contributed by atoms with Crippen molar-refractivity contribution >= 4 is 11.9 Å². The van der Waals surface area contributed by atoms with E-state index in [1.165, 1.54) is 11.1 Å². The molecule has 1 aliphatic heterocycles. The van der Waals surface area contributed by atoms with E-state index in [4.69, 9.17) is 0 Å². The van der Waals surface area contributed by atoms with Gasteiger partial charge in [0.2, 0.25) is 5.95 Å². The Morgan fingerprint density at radius 1 is 1.00 bits per heavy atom. The number of rotatable bonds is 8. The maximum Gasteiger partial charge on any atom is 0.277 e. The molecule has 1 amide bonds. The van der Waals surface area contributed by atoms with Crippen LogP contribution in [0.2, 0.25) is 0 Å². The molecule has 2 aromatic rings. The van der Waals surface area contributed by atoms with Crippen molar-refractivity contribution < 1.29 is 10.1 Å². The van der Waals surface area contributed by atoms with Gasteiger partial charge in [-0.05, 0) is 24.0 Å². The average molecular weight is 411 g/mol. The minimum atomic E-state index is 0.213. The molecule has 2 N–H and O–H groups in total. The van der Waals surface area contributed by atoms with Crippen LogP contribution in [0.3, 0.4) is 0 Å². The SMILES string of the molecule is CC[C@H](C)c1ccc([C@@H]([NH2+]CC(=O)N2CCN(c3ncccn3)CC2)C(C)C)cc1. The van der Waals surface area contributed by atoms with E-state index in [0.29, 0.717) is 24.4 Å². The third-order valence-electron chi connectivity index (χ3n) is 6.23. The number of hydrogen-bond donors (Lipinski definition) is 1. The number of nitrogens with two attached hydrogens (primary N) is 1. The normalized spacial score (nSPS) is 16.6. The van der Waals surface area contributed by atoms with Gasteiger partial charge in [-0.1, -0.05) is 52.0 Å². The summed E-state index contributed by atoms with van der Waals surface area (Å²) in [7, 11) is 0. The van der Waals surface area contributed by atoms with Gasteiger partial charge in [-0.15, -0.1) is 0 Å². The summed E-state index contributed by atoms with van der Waals surface area (Å²) in [5.74, 6) is 2.00. The predicted octanol–water partition coefficient (Wildman–Crippen LogP) is 2.60. The van der Waals surface area contributed by atoms with Crippen LogP contribution in [-0.4, -0.2) is 53.5 Å². The molecule has 0 spiro atoms. The number of benzene rings is 1. The highest BCUT2D eigenvalue weighted by atomic mass is 16.2. The van der Waals surface area contributed by atoms with Crippen molar-refractivity contribution in [3.05, 3.63) is 53.9 Å². The number of anilines is 1. The number of piperazine rings is 1. The molecule has 0 unspecified atom stereocenters. The molecule has 0 radical (unpaired) electrons. The molecular weight excluding hydrogens is 374 g/mol. The first-order chi connectivity index (χ1) is 14.5. The third-order valence-corrected chi connectivity index (χ3v) is 6.23. The van der Waals surface area contributed by atoms with Crippen molar-refractivity contribution in [2.24, 2.45) is 5.92 Å². The van der Waals surface area contributed by atoms with Crippen LogP contribution >= 0.6 is 0 Å².